The molecule has 0 bridgehead atoms. The zero-order valence-electron chi connectivity index (χ0n) is 15.6. The molecule has 0 radical (unpaired) electrons. The van der Waals surface area contributed by atoms with Crippen molar-refractivity contribution in [3.05, 3.63) is 46.5 Å². The molecule has 4 heterocycles. The van der Waals surface area contributed by atoms with Crippen molar-refractivity contribution < 1.29 is 17.9 Å². The Morgan fingerprint density at radius 3 is 2.74 bits per heavy atom. The zero-order valence-corrected chi connectivity index (χ0v) is 15.6. The Balaban J connectivity index is 1.58. The Hall–Kier alpha value is -2.02. The normalized spacial score (nSPS) is 20.6. The first-order valence-electron chi connectivity index (χ1n) is 9.38. The third kappa shape index (κ3) is 3.45. The number of anilines is 1. The van der Waals surface area contributed by atoms with Gasteiger partial charge >= 0.3 is 6.18 Å². The summed E-state index contributed by atoms with van der Waals surface area (Å²) in [7, 11) is 2.11. The van der Waals surface area contributed by atoms with Crippen LogP contribution in [0.2, 0.25) is 0 Å². The average Bonchev–Trinajstić information content (AvgIpc) is 2.98. The van der Waals surface area contributed by atoms with Gasteiger partial charge in [-0.25, -0.2) is 4.98 Å². The van der Waals surface area contributed by atoms with E-state index in [1.54, 1.807) is 6.92 Å². The summed E-state index contributed by atoms with van der Waals surface area (Å²) >= 11 is 0. The van der Waals surface area contributed by atoms with Crippen LogP contribution in [0.1, 0.15) is 47.0 Å². The smallest absolute Gasteiger partial charge is 0.381 e. The van der Waals surface area contributed by atoms with E-state index in [4.69, 9.17) is 4.74 Å². The summed E-state index contributed by atoms with van der Waals surface area (Å²) in [5.74, 6) is 0.428. The van der Waals surface area contributed by atoms with Crippen LogP contribution in [-0.2, 0) is 30.9 Å². The van der Waals surface area contributed by atoms with Crippen LogP contribution in [0.3, 0.4) is 0 Å². The molecule has 0 aromatic carbocycles. The van der Waals surface area contributed by atoms with Gasteiger partial charge in [0, 0.05) is 50.5 Å². The Morgan fingerprint density at radius 1 is 1.26 bits per heavy atom. The van der Waals surface area contributed by atoms with Crippen molar-refractivity contribution in [2.24, 2.45) is 7.05 Å². The Morgan fingerprint density at radius 2 is 2.07 bits per heavy atom. The van der Waals surface area contributed by atoms with Gasteiger partial charge in [-0.15, -0.1) is 0 Å². The van der Waals surface area contributed by atoms with Gasteiger partial charge in [0.2, 0.25) is 0 Å². The molecule has 146 valence electrons. The zero-order chi connectivity index (χ0) is 19.2. The van der Waals surface area contributed by atoms with Crippen molar-refractivity contribution in [1.29, 1.82) is 0 Å². The van der Waals surface area contributed by atoms with E-state index in [2.05, 4.69) is 27.6 Å². The second-order valence-electron chi connectivity index (χ2n) is 7.54. The molecule has 2 aromatic heterocycles. The molecule has 0 amide bonds. The highest BCUT2D eigenvalue weighted by molar-refractivity contribution is 5.54. The maximum absolute atomic E-state index is 12.9. The molecule has 0 aliphatic carbocycles. The molecule has 0 spiro atoms. The highest BCUT2D eigenvalue weighted by atomic mass is 19.4. The lowest BCUT2D eigenvalue weighted by Gasteiger charge is -2.31. The first-order valence-corrected chi connectivity index (χ1v) is 9.38. The summed E-state index contributed by atoms with van der Waals surface area (Å²) < 4.78 is 46.6. The maximum atomic E-state index is 12.9. The molecule has 4 rings (SSSR count). The van der Waals surface area contributed by atoms with Crippen molar-refractivity contribution >= 4 is 5.69 Å². The molecule has 1 fully saturated rings. The maximum Gasteiger partial charge on any atom is 0.433 e. The second-order valence-corrected chi connectivity index (χ2v) is 7.54. The predicted octanol–water partition coefficient (Wildman–Crippen LogP) is 4.20. The first kappa shape index (κ1) is 18.3. The highest BCUT2D eigenvalue weighted by Gasteiger charge is 2.33. The number of pyridine rings is 1. The van der Waals surface area contributed by atoms with Crippen molar-refractivity contribution in [2.45, 2.75) is 44.8 Å². The van der Waals surface area contributed by atoms with Crippen molar-refractivity contribution in [1.82, 2.24) is 9.55 Å². The minimum absolute atomic E-state index is 0.428. The molecule has 4 nitrogen and oxygen atoms in total. The predicted molar refractivity (Wildman–Crippen MR) is 96.9 cm³/mol. The van der Waals surface area contributed by atoms with Crippen LogP contribution in [0.5, 0.6) is 0 Å². The van der Waals surface area contributed by atoms with Crippen LogP contribution in [0, 0.1) is 6.92 Å². The van der Waals surface area contributed by atoms with Crippen LogP contribution in [0.25, 0.3) is 0 Å². The number of nitrogens with zero attached hydrogens (tertiary/aromatic N) is 3. The van der Waals surface area contributed by atoms with E-state index < -0.39 is 11.9 Å². The highest BCUT2D eigenvalue weighted by Crippen LogP contribution is 2.35. The van der Waals surface area contributed by atoms with E-state index in [0.717, 1.165) is 50.8 Å². The minimum atomic E-state index is -4.41. The third-order valence-corrected chi connectivity index (χ3v) is 5.76. The van der Waals surface area contributed by atoms with Gasteiger partial charge in [0.1, 0.15) is 5.69 Å². The summed E-state index contributed by atoms with van der Waals surface area (Å²) in [4.78, 5) is 5.78. The van der Waals surface area contributed by atoms with Gasteiger partial charge < -0.3 is 14.2 Å². The molecule has 1 atom stereocenters. The lowest BCUT2D eigenvalue weighted by Crippen LogP contribution is -2.31. The number of rotatable bonds is 2. The van der Waals surface area contributed by atoms with Crippen LogP contribution in [-0.4, -0.2) is 29.3 Å². The summed E-state index contributed by atoms with van der Waals surface area (Å²) in [5, 5.41) is 0. The lowest BCUT2D eigenvalue weighted by atomic mass is 9.98. The molecule has 7 heteroatoms. The molecular formula is C20H24F3N3O. The van der Waals surface area contributed by atoms with E-state index in [9.17, 15) is 13.2 Å². The Labute approximate surface area is 156 Å². The van der Waals surface area contributed by atoms with Gasteiger partial charge in [-0.1, -0.05) is 0 Å². The molecular weight excluding hydrogens is 355 g/mol. The van der Waals surface area contributed by atoms with Crippen LogP contribution >= 0.6 is 0 Å². The Bertz CT molecular complexity index is 838. The molecule has 2 aliphatic heterocycles. The number of ether oxygens (including phenoxy) is 1. The molecule has 0 N–H and O–H groups in total. The van der Waals surface area contributed by atoms with Gasteiger partial charge in [-0.2, -0.15) is 13.2 Å². The van der Waals surface area contributed by atoms with Gasteiger partial charge in [0.15, 0.2) is 0 Å². The fourth-order valence-electron chi connectivity index (χ4n) is 4.33. The van der Waals surface area contributed by atoms with Crippen LogP contribution in [0.4, 0.5) is 18.9 Å². The minimum Gasteiger partial charge on any atom is -0.381 e. The number of hydrogen-bond acceptors (Lipinski definition) is 3. The SMILES string of the molecule is Cc1cc(C(F)(F)F)ncc1N1CCc2c(cc(C3CCCOC3)n2C)C1. The molecule has 27 heavy (non-hydrogen) atoms. The monoisotopic (exact) mass is 379 g/mol. The van der Waals surface area contributed by atoms with E-state index >= 15 is 0 Å². The van der Waals surface area contributed by atoms with Crippen LogP contribution < -0.4 is 4.90 Å². The summed E-state index contributed by atoms with van der Waals surface area (Å²) in [6.45, 7) is 4.80. The molecule has 2 aromatic rings. The Kier molecular flexibility index (Phi) is 4.66. The lowest BCUT2D eigenvalue weighted by molar-refractivity contribution is -0.141. The largest absolute Gasteiger partial charge is 0.433 e. The number of hydrogen-bond donors (Lipinski definition) is 0. The number of aryl methyl sites for hydroxylation is 1. The summed E-state index contributed by atoms with van der Waals surface area (Å²) in [5.41, 5.74) is 4.44. The fourth-order valence-corrected chi connectivity index (χ4v) is 4.33. The van der Waals surface area contributed by atoms with Crippen molar-refractivity contribution in [2.75, 3.05) is 24.7 Å². The fraction of sp³-hybridized carbons (Fsp3) is 0.550. The van der Waals surface area contributed by atoms with Gasteiger partial charge in [-0.05, 0) is 43.0 Å². The van der Waals surface area contributed by atoms with Crippen molar-refractivity contribution in [3.8, 4) is 0 Å². The average molecular weight is 379 g/mol. The molecule has 0 saturated carbocycles. The van der Waals surface area contributed by atoms with Gasteiger partial charge in [0.05, 0.1) is 18.5 Å². The van der Waals surface area contributed by atoms with E-state index in [-0.39, 0.29) is 0 Å². The second kappa shape index (κ2) is 6.86. The first-order chi connectivity index (χ1) is 12.8. The summed E-state index contributed by atoms with van der Waals surface area (Å²) in [6, 6.07) is 3.40. The van der Waals surface area contributed by atoms with E-state index in [0.29, 0.717) is 18.0 Å². The van der Waals surface area contributed by atoms with E-state index in [1.165, 1.54) is 23.1 Å². The standard InChI is InChI=1S/C20H24F3N3O/c1-13-8-19(20(21,22)23)24-10-18(13)26-6-5-16-15(11-26)9-17(25(16)2)14-4-3-7-27-12-14/h8-10,14H,3-7,11-12H2,1-2H3. The van der Waals surface area contributed by atoms with E-state index in [1.807, 2.05) is 0 Å². The number of alkyl halides is 3. The topological polar surface area (TPSA) is 30.3 Å². The van der Waals surface area contributed by atoms with Crippen molar-refractivity contribution in [3.63, 3.8) is 0 Å². The number of aromatic nitrogens is 2. The van der Waals surface area contributed by atoms with Gasteiger partial charge in [-0.3, -0.25) is 0 Å². The number of halogens is 3. The molecule has 2 aliphatic rings. The quantitative estimate of drug-likeness (QED) is 0.783. The van der Waals surface area contributed by atoms with Crippen LogP contribution in [0.15, 0.2) is 18.3 Å². The molecule has 1 unspecified atom stereocenters. The summed E-state index contributed by atoms with van der Waals surface area (Å²) in [6.07, 6.45) is 0.0576. The number of fused-ring (bicyclic) bond motifs is 1. The van der Waals surface area contributed by atoms with Gasteiger partial charge in [0.25, 0.3) is 0 Å². The third-order valence-electron chi connectivity index (χ3n) is 5.76. The molecule has 1 saturated heterocycles.